The Morgan fingerprint density at radius 2 is 1.25 bits per heavy atom. The molecule has 0 fully saturated rings. The highest BCUT2D eigenvalue weighted by Gasteiger charge is 2.32. The van der Waals surface area contributed by atoms with Crippen molar-refractivity contribution in [1.29, 1.82) is 0 Å². The zero-order valence-electron chi connectivity index (χ0n) is 16.2. The number of methoxy groups -OCH3 is 1. The first-order valence-electron chi connectivity index (χ1n) is 9.15. The number of benzene rings is 1. The van der Waals surface area contributed by atoms with Gasteiger partial charge >= 0.3 is 11.9 Å². The van der Waals surface area contributed by atoms with Gasteiger partial charge in [-0.1, -0.05) is 30.3 Å². The molecule has 0 unspecified atom stereocenters. The van der Waals surface area contributed by atoms with Gasteiger partial charge in [-0.3, -0.25) is 0 Å². The second-order valence-electron chi connectivity index (χ2n) is 6.03. The summed E-state index contributed by atoms with van der Waals surface area (Å²) < 4.78 is 15.9. The van der Waals surface area contributed by atoms with Crippen molar-refractivity contribution in [3.63, 3.8) is 0 Å². The second-order valence-corrected chi connectivity index (χ2v) is 6.03. The third-order valence-electron chi connectivity index (χ3n) is 4.41. The highest BCUT2D eigenvalue weighted by atomic mass is 16.5. The van der Waals surface area contributed by atoms with Crippen LogP contribution in [0.25, 0.3) is 22.3 Å². The average molecular weight is 378 g/mol. The predicted molar refractivity (Wildman–Crippen MR) is 107 cm³/mol. The molecule has 0 radical (unpaired) electrons. The summed E-state index contributed by atoms with van der Waals surface area (Å²) in [6.07, 6.45) is 0. The fourth-order valence-electron chi connectivity index (χ4n) is 3.26. The molecule has 2 aliphatic rings. The van der Waals surface area contributed by atoms with Gasteiger partial charge in [0.1, 0.15) is 5.75 Å². The molecule has 3 rings (SSSR count). The molecule has 0 heterocycles. The Bertz CT molecular complexity index is 907. The summed E-state index contributed by atoms with van der Waals surface area (Å²) in [5, 5.41) is 0. The minimum atomic E-state index is -0.480. The number of fused-ring (bicyclic) bond motifs is 1. The summed E-state index contributed by atoms with van der Waals surface area (Å²) in [5.74, 6) is -0.346. The number of ether oxygens (including phenoxy) is 3. The van der Waals surface area contributed by atoms with Crippen LogP contribution in [-0.4, -0.2) is 32.3 Å². The largest absolute Gasteiger partial charge is 0.497 e. The van der Waals surface area contributed by atoms with Crippen LogP contribution in [-0.2, 0) is 9.47 Å². The number of esters is 2. The summed E-state index contributed by atoms with van der Waals surface area (Å²) in [6.45, 7) is 3.97. The first-order valence-corrected chi connectivity index (χ1v) is 9.15. The first kappa shape index (κ1) is 19.4. The van der Waals surface area contributed by atoms with E-state index in [2.05, 4.69) is 0 Å². The maximum absolute atomic E-state index is 12.9. The lowest BCUT2D eigenvalue weighted by Gasteiger charge is -2.08. The normalized spacial score (nSPS) is 10.5. The van der Waals surface area contributed by atoms with Crippen LogP contribution in [0.3, 0.4) is 0 Å². The molecule has 0 amide bonds. The highest BCUT2D eigenvalue weighted by molar-refractivity contribution is 6.16. The predicted octanol–water partition coefficient (Wildman–Crippen LogP) is 4.82. The fourth-order valence-corrected chi connectivity index (χ4v) is 3.26. The van der Waals surface area contributed by atoms with E-state index in [1.54, 1.807) is 45.2 Å². The van der Waals surface area contributed by atoms with Gasteiger partial charge in [0.2, 0.25) is 0 Å². The molecule has 0 N–H and O–H groups in total. The Labute approximate surface area is 164 Å². The van der Waals surface area contributed by atoms with Crippen LogP contribution in [0, 0.1) is 0 Å². The van der Waals surface area contributed by atoms with Gasteiger partial charge < -0.3 is 14.2 Å². The summed E-state index contributed by atoms with van der Waals surface area (Å²) in [5.41, 5.74) is 3.21. The summed E-state index contributed by atoms with van der Waals surface area (Å²) in [7, 11) is 1.56. The van der Waals surface area contributed by atoms with E-state index in [0.717, 1.165) is 5.56 Å². The van der Waals surface area contributed by atoms with Gasteiger partial charge in [-0.15, -0.1) is 0 Å². The molecule has 0 aliphatic heterocycles. The van der Waals surface area contributed by atoms with Crippen molar-refractivity contribution in [1.82, 2.24) is 0 Å². The molecule has 0 saturated heterocycles. The SMILES string of the molecule is CCOC(=O)c1c2ccc(OC)ccc-2c(C(=O)OCC)c1-c1ccccc1. The molecule has 0 bridgehead atoms. The molecule has 0 saturated carbocycles. The van der Waals surface area contributed by atoms with Crippen molar-refractivity contribution in [2.75, 3.05) is 20.3 Å². The molecule has 0 spiro atoms. The maximum atomic E-state index is 12.9. The topological polar surface area (TPSA) is 61.8 Å². The van der Waals surface area contributed by atoms with Crippen molar-refractivity contribution >= 4 is 11.9 Å². The molecule has 2 aliphatic carbocycles. The highest BCUT2D eigenvalue weighted by Crippen LogP contribution is 2.43. The molecule has 5 heteroatoms. The second kappa shape index (κ2) is 8.57. The molecule has 28 heavy (non-hydrogen) atoms. The van der Waals surface area contributed by atoms with Crippen molar-refractivity contribution in [2.24, 2.45) is 0 Å². The van der Waals surface area contributed by atoms with E-state index in [-0.39, 0.29) is 13.2 Å². The zero-order chi connectivity index (χ0) is 20.1. The lowest BCUT2D eigenvalue weighted by molar-refractivity contribution is 0.0525. The molecule has 1 aromatic carbocycles. The van der Waals surface area contributed by atoms with Gasteiger partial charge in [0.25, 0.3) is 0 Å². The van der Waals surface area contributed by atoms with Gasteiger partial charge in [-0.05, 0) is 54.8 Å². The van der Waals surface area contributed by atoms with Crippen molar-refractivity contribution < 1.29 is 23.8 Å². The van der Waals surface area contributed by atoms with E-state index in [4.69, 9.17) is 14.2 Å². The van der Waals surface area contributed by atoms with Crippen molar-refractivity contribution in [2.45, 2.75) is 13.8 Å². The Kier molecular flexibility index (Phi) is 5.94. The van der Waals surface area contributed by atoms with Crippen LogP contribution >= 0.6 is 0 Å². The standard InChI is InChI=1S/C23H22O5/c1-4-27-22(24)20-17-13-11-16(26-3)12-14-18(17)21(23(25)28-5-2)19(20)15-9-7-6-8-10-15/h6-14H,4-5H2,1-3H3. The van der Waals surface area contributed by atoms with Crippen LogP contribution in [0.15, 0.2) is 54.6 Å². The fraction of sp³-hybridized carbons (Fsp3) is 0.217. The van der Waals surface area contributed by atoms with Gasteiger partial charge in [0, 0.05) is 5.56 Å². The van der Waals surface area contributed by atoms with E-state index in [0.29, 0.717) is 33.6 Å². The molecule has 0 aromatic heterocycles. The summed E-state index contributed by atoms with van der Waals surface area (Å²) in [4.78, 5) is 25.8. The molecule has 144 valence electrons. The third kappa shape index (κ3) is 3.56. The average Bonchev–Trinajstić information content (AvgIpc) is 2.89. The Morgan fingerprint density at radius 3 is 1.68 bits per heavy atom. The molecular weight excluding hydrogens is 356 g/mol. The lowest BCUT2D eigenvalue weighted by Crippen LogP contribution is -2.08. The van der Waals surface area contributed by atoms with Gasteiger partial charge in [0.05, 0.1) is 31.5 Å². The lowest BCUT2D eigenvalue weighted by atomic mass is 10.00. The third-order valence-corrected chi connectivity index (χ3v) is 4.41. The van der Waals surface area contributed by atoms with E-state index >= 15 is 0 Å². The van der Waals surface area contributed by atoms with E-state index in [9.17, 15) is 9.59 Å². The Morgan fingerprint density at radius 1 is 0.750 bits per heavy atom. The van der Waals surface area contributed by atoms with Crippen LogP contribution in [0.5, 0.6) is 5.75 Å². The van der Waals surface area contributed by atoms with Gasteiger partial charge in [-0.2, -0.15) is 0 Å². The minimum Gasteiger partial charge on any atom is -0.497 e. The number of hydrogen-bond donors (Lipinski definition) is 0. The van der Waals surface area contributed by atoms with E-state index in [1.807, 2.05) is 30.3 Å². The molecule has 0 atom stereocenters. The van der Waals surface area contributed by atoms with Crippen molar-refractivity contribution in [3.8, 4) is 28.0 Å². The van der Waals surface area contributed by atoms with E-state index < -0.39 is 11.9 Å². The molecule has 1 aromatic rings. The summed E-state index contributed by atoms with van der Waals surface area (Å²) in [6, 6.07) is 16.4. The van der Waals surface area contributed by atoms with Crippen LogP contribution in [0.1, 0.15) is 34.6 Å². The quantitative estimate of drug-likeness (QED) is 0.576. The summed E-state index contributed by atoms with van der Waals surface area (Å²) >= 11 is 0. The van der Waals surface area contributed by atoms with Crippen LogP contribution < -0.4 is 4.74 Å². The monoisotopic (exact) mass is 378 g/mol. The minimum absolute atomic E-state index is 0.233. The zero-order valence-corrected chi connectivity index (χ0v) is 16.2. The smallest absolute Gasteiger partial charge is 0.339 e. The molecule has 5 nitrogen and oxygen atoms in total. The first-order chi connectivity index (χ1) is 13.6. The Hall–Kier alpha value is -3.34. The van der Waals surface area contributed by atoms with Gasteiger partial charge in [-0.25, -0.2) is 9.59 Å². The Balaban J connectivity index is 2.42. The van der Waals surface area contributed by atoms with Crippen LogP contribution in [0.2, 0.25) is 0 Å². The van der Waals surface area contributed by atoms with Gasteiger partial charge in [0.15, 0.2) is 0 Å². The number of hydrogen-bond acceptors (Lipinski definition) is 5. The molecular formula is C23H22O5. The number of rotatable bonds is 6. The number of carbonyl (C=O) groups excluding carboxylic acids is 2. The number of carbonyl (C=O) groups is 2. The van der Waals surface area contributed by atoms with E-state index in [1.165, 1.54) is 0 Å². The van der Waals surface area contributed by atoms with Crippen molar-refractivity contribution in [3.05, 3.63) is 65.7 Å². The maximum Gasteiger partial charge on any atom is 0.339 e. The van der Waals surface area contributed by atoms with Crippen LogP contribution in [0.4, 0.5) is 0 Å².